The van der Waals surface area contributed by atoms with Crippen molar-refractivity contribution in [1.29, 1.82) is 0 Å². The predicted molar refractivity (Wildman–Crippen MR) is 473 cm³/mol. The van der Waals surface area contributed by atoms with Gasteiger partial charge in [0.15, 0.2) is 0 Å². The number of benzene rings is 12. The van der Waals surface area contributed by atoms with Crippen LogP contribution in [-0.2, 0) is 70.2 Å². The van der Waals surface area contributed by atoms with Gasteiger partial charge in [0.2, 0.25) is 0 Å². The number of para-hydroxylation sites is 4. The molecule has 18 heteroatoms. The van der Waals surface area contributed by atoms with Crippen molar-refractivity contribution in [3.8, 4) is 0 Å². The van der Waals surface area contributed by atoms with Gasteiger partial charge in [0.25, 0.3) is 17.1 Å². The Bertz CT molecular complexity index is 4040. The van der Waals surface area contributed by atoms with Gasteiger partial charge in [0, 0.05) is 147 Å². The quantitative estimate of drug-likeness (QED) is 0.0470. The van der Waals surface area contributed by atoms with Gasteiger partial charge >= 0.3 is 0 Å². The van der Waals surface area contributed by atoms with E-state index in [-0.39, 0.29) is 124 Å². The van der Waals surface area contributed by atoms with Crippen molar-refractivity contribution >= 4 is 22.7 Å². The summed E-state index contributed by atoms with van der Waals surface area (Å²) in [5, 5.41) is 42.6. The Morgan fingerprint density at radius 1 is 0.345 bits per heavy atom. The monoisotopic (exact) mass is 1710 g/mol. The molecule has 0 atom stereocenters. The molecule has 4 aliphatic heterocycles. The summed E-state index contributed by atoms with van der Waals surface area (Å²) < 4.78 is 5.69. The number of anilines is 1. The molecule has 2 N–H and O–H groups in total. The fourth-order valence-electron chi connectivity index (χ4n) is 12.5. The number of aliphatic hydroxyl groups is 1. The zero-order valence-corrected chi connectivity index (χ0v) is 72.1. The number of hydrogen-bond donors (Lipinski definition) is 2. The van der Waals surface area contributed by atoms with E-state index in [2.05, 4.69) is 289 Å². The number of β-amino-alcohol motifs (C(OH)–C–C–N with tert-alkyl or cyclic N) is 1. The molecule has 0 spiro atoms. The molecule has 0 saturated carbocycles. The minimum Gasteiger partial charge on any atom is -0.390 e. The molecule has 4 saturated heterocycles. The van der Waals surface area contributed by atoms with Gasteiger partial charge in [-0.05, 0) is 63.6 Å². The standard InChI is InChI=1S/C18H21NO.C16H17NO.2C16H16N.C7H9N.3C6H5NO2.C3H8.2CH4.2CH3.2Y/c1-2-20-17-13-19(14-17)18(15-9-5-3-6-10-15)16-11-7-4-8-12-16;18-15-11-17(12-15)16(13-7-3-1-4-8-13)14-9-5-2-6-10-14;2*1-3-8-14(9-4-1)16(17-12-7-13-17)15-10-5-2-6-11-15;1-8-7-5-3-2-4-6-7;3*8-7(9)6-4-2-1-3-5-6;1-3-2;;;;;;/h3-12,17-18H,2,13-14H2,1H3;1-10,15-16,18H,11-12H2;2*1-11,16H,12-13H2;2-6,8H,1H3;3*1-5H;3H2,1-2H3;2*1H4;2*1H3;;/q;;2*-1;;;;;;;;2*-1;;. The van der Waals surface area contributed by atoms with Gasteiger partial charge in [0.1, 0.15) is 0 Å². The van der Waals surface area contributed by atoms with Crippen molar-refractivity contribution in [3.05, 3.63) is 467 Å². The molecule has 4 heterocycles. The minimum absolute atomic E-state index is 0. The summed E-state index contributed by atoms with van der Waals surface area (Å²) in [6.45, 7) is 15.0. The van der Waals surface area contributed by atoms with Crippen LogP contribution in [0.25, 0.3) is 0 Å². The Labute approximate surface area is 742 Å². The third kappa shape index (κ3) is 34.8. The van der Waals surface area contributed by atoms with Gasteiger partial charge in [-0.15, -0.1) is 26.2 Å². The van der Waals surface area contributed by atoms with Crippen molar-refractivity contribution in [2.45, 2.75) is 78.4 Å². The topological polar surface area (TPSA) is 184 Å². The fourth-order valence-corrected chi connectivity index (χ4v) is 12.5. The number of nitro groups is 3. The summed E-state index contributed by atoms with van der Waals surface area (Å²) in [5.74, 6) is 0. The van der Waals surface area contributed by atoms with Crippen molar-refractivity contribution in [2.75, 3.05) is 71.3 Å². The molecule has 12 aromatic rings. The van der Waals surface area contributed by atoms with Gasteiger partial charge in [-0.2, -0.15) is 0 Å². The number of aliphatic hydroxyl groups excluding tert-OH is 1. The SMILES string of the molecule is C.C.CCC.CCOC1CN(C(c2ccccc2)c2ccccc2)C1.CNc1ccccc1.O=[N+]([O-])c1ccccc1.O=[N+]([O-])c1ccccc1.O=[N+]([O-])c1ccccc1.OC1CN(C(c2ccccc2)c2ccccc2)C1.[CH3-].[CH3-].[Y].[Y].c1ccc(C(c2ccccc2)N2C[CH-]C2)cc1.c1ccc(C(c2ccccc2)N2C[CH-]C2)cc1. The first-order valence-electron chi connectivity index (χ1n) is 37.5. The van der Waals surface area contributed by atoms with Gasteiger partial charge in [-0.1, -0.05) is 351 Å². The summed E-state index contributed by atoms with van der Waals surface area (Å²) in [7, 11) is 1.91. The molecule has 16 nitrogen and oxygen atoms in total. The number of nitrogens with zero attached hydrogens (tertiary/aromatic N) is 7. The molecule has 4 fully saturated rings. The van der Waals surface area contributed by atoms with E-state index >= 15 is 0 Å². The Kier molecular flexibility index (Phi) is 52.5. The van der Waals surface area contributed by atoms with Crippen LogP contribution in [0.5, 0.6) is 0 Å². The van der Waals surface area contributed by atoms with E-state index in [1.54, 1.807) is 54.6 Å². The van der Waals surface area contributed by atoms with Gasteiger partial charge in [0.05, 0.1) is 51.1 Å². The zero-order chi connectivity index (χ0) is 77.8. The van der Waals surface area contributed by atoms with E-state index in [1.165, 1.54) is 87.3 Å². The summed E-state index contributed by atoms with van der Waals surface area (Å²) in [4.78, 5) is 38.6. The molecule has 0 aromatic heterocycles. The van der Waals surface area contributed by atoms with Gasteiger partial charge < -0.3 is 52.7 Å². The van der Waals surface area contributed by atoms with Crippen LogP contribution in [0.3, 0.4) is 0 Å². The molecule has 606 valence electrons. The normalized spacial score (nSPS) is 12.9. The maximum Gasteiger partial charge on any atom is 0.269 e. The Morgan fingerprint density at radius 3 is 0.672 bits per heavy atom. The second-order valence-corrected chi connectivity index (χ2v) is 26.1. The molecule has 16 rings (SSSR count). The van der Waals surface area contributed by atoms with E-state index in [4.69, 9.17) is 4.74 Å². The average Bonchev–Trinajstić information content (AvgIpc) is 0.792. The maximum atomic E-state index is 10.0. The molecule has 4 aliphatic rings. The first-order valence-corrected chi connectivity index (χ1v) is 37.5. The van der Waals surface area contributed by atoms with Crippen LogP contribution in [0.1, 0.15) is 111 Å². The second kappa shape index (κ2) is 59.3. The average molecular weight is 1710 g/mol. The predicted octanol–water partition coefficient (Wildman–Crippen LogP) is 22.6. The molecule has 0 bridgehead atoms. The maximum absolute atomic E-state index is 10.0. The number of ether oxygens (including phenoxy) is 1. The molecule has 12 aromatic carbocycles. The summed E-state index contributed by atoms with van der Waals surface area (Å²) >= 11 is 0. The van der Waals surface area contributed by atoms with Crippen LogP contribution in [0.15, 0.2) is 364 Å². The van der Waals surface area contributed by atoms with Crippen LogP contribution in [0.2, 0.25) is 0 Å². The first-order chi connectivity index (χ1) is 53.9. The number of nitrogens with one attached hydrogen (secondary N) is 1. The molecule has 116 heavy (non-hydrogen) atoms. The van der Waals surface area contributed by atoms with E-state index in [0.717, 1.165) is 64.7 Å². The van der Waals surface area contributed by atoms with Gasteiger partial charge in [-0.25, -0.2) is 0 Å². The molecule has 2 radical (unpaired) electrons. The van der Waals surface area contributed by atoms with E-state index in [0.29, 0.717) is 24.2 Å². The zero-order valence-electron chi connectivity index (χ0n) is 66.4. The van der Waals surface area contributed by atoms with Gasteiger partial charge in [-0.3, -0.25) is 40.1 Å². The Morgan fingerprint density at radius 2 is 0.526 bits per heavy atom. The molecular weight excluding hydrogens is 1590 g/mol. The number of non-ortho nitro benzene ring substituents is 3. The smallest absolute Gasteiger partial charge is 0.269 e. The van der Waals surface area contributed by atoms with E-state index in [9.17, 15) is 35.4 Å². The third-order valence-electron chi connectivity index (χ3n) is 18.0. The summed E-state index contributed by atoms with van der Waals surface area (Å²) in [6.07, 6.45) is 6.12. The number of nitro benzene ring substituents is 3. The first kappa shape index (κ1) is 103. The number of hydrogen-bond acceptors (Lipinski definition) is 13. The largest absolute Gasteiger partial charge is 0.390 e. The van der Waals surface area contributed by atoms with Crippen molar-refractivity contribution in [1.82, 2.24) is 19.6 Å². The summed E-state index contributed by atoms with van der Waals surface area (Å²) in [6, 6.07) is 121. The van der Waals surface area contributed by atoms with Crippen LogP contribution >= 0.6 is 0 Å². The summed E-state index contributed by atoms with van der Waals surface area (Å²) in [5.41, 5.74) is 12.4. The van der Waals surface area contributed by atoms with Crippen molar-refractivity contribution in [3.63, 3.8) is 0 Å². The number of rotatable bonds is 18. The molecule has 0 aliphatic carbocycles. The molecule has 0 unspecified atom stereocenters. The second-order valence-electron chi connectivity index (χ2n) is 26.1. The number of likely N-dealkylation sites (tertiary alicyclic amines) is 4. The Hall–Kier alpha value is -9.39. The molecule has 0 amide bonds. The van der Waals surface area contributed by atoms with E-state index in [1.807, 2.05) is 49.5 Å². The Balaban J connectivity index is 0.000000453. The van der Waals surface area contributed by atoms with Crippen LogP contribution in [-0.4, -0.2) is 118 Å². The van der Waals surface area contributed by atoms with Crippen molar-refractivity contribution in [2.24, 2.45) is 0 Å². The van der Waals surface area contributed by atoms with E-state index < -0.39 is 14.8 Å². The molecular formula is C98H116N8O8Y2-4. The fraction of sp³-hybridized carbons (Fsp3) is 0.224. The third-order valence-corrected chi connectivity index (χ3v) is 18.0. The van der Waals surface area contributed by atoms with Crippen molar-refractivity contribution < 1.29 is 90.0 Å². The van der Waals surface area contributed by atoms with Crippen LogP contribution < -0.4 is 5.32 Å². The van der Waals surface area contributed by atoms with Crippen LogP contribution in [0.4, 0.5) is 22.7 Å². The minimum atomic E-state index is -0.417. The van der Waals surface area contributed by atoms with Crippen LogP contribution in [0, 0.1) is 58.0 Å².